The van der Waals surface area contributed by atoms with Crippen LogP contribution in [0.4, 0.5) is 16.2 Å². The standard InChI is InChI=1S/C26H36ClN3O3/c1-26(2,3)33-25(32)30(17-15-19-10-6-7-11-21(19)27)16-9-8-12-24(31)20-13-14-22(28-4)23(18-20)29-5/h6-7,10-11,13-14,18,28-29H,8-9,12,15-17H2,1-5H3. The highest BCUT2D eigenvalue weighted by molar-refractivity contribution is 6.31. The Hall–Kier alpha value is -2.73. The highest BCUT2D eigenvalue weighted by Crippen LogP contribution is 2.23. The number of halogens is 1. The van der Waals surface area contributed by atoms with Crippen molar-refractivity contribution in [2.24, 2.45) is 0 Å². The lowest BCUT2D eigenvalue weighted by Gasteiger charge is -2.27. The van der Waals surface area contributed by atoms with E-state index in [2.05, 4.69) is 10.6 Å². The zero-order valence-corrected chi connectivity index (χ0v) is 21.1. The molecule has 1 amide bonds. The summed E-state index contributed by atoms with van der Waals surface area (Å²) in [7, 11) is 3.68. The quantitative estimate of drug-likeness (QED) is 0.298. The largest absolute Gasteiger partial charge is 0.444 e. The first kappa shape index (κ1) is 26.5. The number of nitrogens with zero attached hydrogens (tertiary/aromatic N) is 1. The number of ether oxygens (including phenoxy) is 1. The van der Waals surface area contributed by atoms with E-state index in [1.807, 2.05) is 77.3 Å². The lowest BCUT2D eigenvalue weighted by Crippen LogP contribution is -2.38. The Kier molecular flexibility index (Phi) is 10.0. The summed E-state index contributed by atoms with van der Waals surface area (Å²) >= 11 is 6.27. The van der Waals surface area contributed by atoms with E-state index in [1.165, 1.54) is 0 Å². The normalized spacial score (nSPS) is 11.1. The van der Waals surface area contributed by atoms with Crippen LogP contribution in [0.1, 0.15) is 56.0 Å². The fourth-order valence-corrected chi connectivity index (χ4v) is 3.68. The van der Waals surface area contributed by atoms with Crippen molar-refractivity contribution in [3.63, 3.8) is 0 Å². The Bertz CT molecular complexity index is 941. The van der Waals surface area contributed by atoms with Crippen LogP contribution in [0.3, 0.4) is 0 Å². The van der Waals surface area contributed by atoms with Gasteiger partial charge in [0.05, 0.1) is 11.4 Å². The molecule has 0 aliphatic heterocycles. The van der Waals surface area contributed by atoms with Crippen molar-refractivity contribution in [2.45, 2.75) is 52.1 Å². The second kappa shape index (κ2) is 12.5. The Morgan fingerprint density at radius 1 is 0.970 bits per heavy atom. The van der Waals surface area contributed by atoms with Crippen LogP contribution in [-0.4, -0.2) is 49.6 Å². The number of hydrogen-bond acceptors (Lipinski definition) is 5. The van der Waals surface area contributed by atoms with Crippen molar-refractivity contribution in [1.29, 1.82) is 0 Å². The van der Waals surface area contributed by atoms with E-state index in [4.69, 9.17) is 16.3 Å². The van der Waals surface area contributed by atoms with Crippen LogP contribution in [0.15, 0.2) is 42.5 Å². The summed E-state index contributed by atoms with van der Waals surface area (Å²) in [5, 5.41) is 6.90. The van der Waals surface area contributed by atoms with Gasteiger partial charge in [-0.1, -0.05) is 29.8 Å². The zero-order chi connectivity index (χ0) is 24.4. The third-order valence-corrected chi connectivity index (χ3v) is 5.59. The molecule has 0 spiro atoms. The van der Waals surface area contributed by atoms with Gasteiger partial charge in [-0.25, -0.2) is 4.79 Å². The van der Waals surface area contributed by atoms with Gasteiger partial charge in [-0.05, 0) is 69.9 Å². The molecule has 6 nitrogen and oxygen atoms in total. The van der Waals surface area contributed by atoms with E-state index in [0.29, 0.717) is 49.4 Å². The number of carbonyl (C=O) groups excluding carboxylic acids is 2. The second-order valence-corrected chi connectivity index (χ2v) is 9.36. The molecule has 2 aromatic carbocycles. The maximum atomic E-state index is 12.7. The molecule has 0 aromatic heterocycles. The van der Waals surface area contributed by atoms with Crippen molar-refractivity contribution in [3.05, 3.63) is 58.6 Å². The molecule has 180 valence electrons. The first-order valence-corrected chi connectivity index (χ1v) is 11.8. The molecule has 0 aliphatic rings. The molecule has 0 fully saturated rings. The van der Waals surface area contributed by atoms with Crippen LogP contribution in [0.5, 0.6) is 0 Å². The summed E-state index contributed by atoms with van der Waals surface area (Å²) in [6.45, 7) is 6.59. The van der Waals surface area contributed by atoms with Gasteiger partial charge in [0, 0.05) is 44.2 Å². The number of ketones is 1. The van der Waals surface area contributed by atoms with Crippen molar-refractivity contribution >= 4 is 34.9 Å². The summed E-state index contributed by atoms with van der Waals surface area (Å²) < 4.78 is 5.59. The van der Waals surface area contributed by atoms with Crippen molar-refractivity contribution < 1.29 is 14.3 Å². The fourth-order valence-electron chi connectivity index (χ4n) is 3.45. The number of unbranched alkanes of at least 4 members (excludes halogenated alkanes) is 1. The maximum Gasteiger partial charge on any atom is 0.410 e. The number of anilines is 2. The van der Waals surface area contributed by atoms with Gasteiger partial charge in [0.1, 0.15) is 5.60 Å². The minimum atomic E-state index is -0.569. The molecule has 7 heteroatoms. The first-order chi connectivity index (χ1) is 15.6. The number of carbonyl (C=O) groups is 2. The van der Waals surface area contributed by atoms with E-state index in [9.17, 15) is 9.59 Å². The molecule has 0 aliphatic carbocycles. The number of amides is 1. The predicted molar refractivity (Wildman–Crippen MR) is 137 cm³/mol. The third kappa shape index (κ3) is 8.61. The van der Waals surface area contributed by atoms with E-state index >= 15 is 0 Å². The molecular weight excluding hydrogens is 438 g/mol. The van der Waals surface area contributed by atoms with Crippen LogP contribution in [0.25, 0.3) is 0 Å². The summed E-state index contributed by atoms with van der Waals surface area (Å²) in [4.78, 5) is 27.1. The van der Waals surface area contributed by atoms with Crippen LogP contribution in [0, 0.1) is 0 Å². The Labute approximate surface area is 202 Å². The van der Waals surface area contributed by atoms with E-state index in [0.717, 1.165) is 16.9 Å². The summed E-state index contributed by atoms with van der Waals surface area (Å²) in [6, 6.07) is 13.2. The number of Topliss-reactive ketones (excluding diaryl/α,β-unsaturated/α-hetero) is 1. The molecule has 0 atom stereocenters. The van der Waals surface area contributed by atoms with Crippen LogP contribution in [0.2, 0.25) is 5.02 Å². The minimum Gasteiger partial charge on any atom is -0.444 e. The van der Waals surface area contributed by atoms with Crippen LogP contribution >= 0.6 is 11.6 Å². The highest BCUT2D eigenvalue weighted by atomic mass is 35.5. The van der Waals surface area contributed by atoms with Crippen molar-refractivity contribution in [2.75, 3.05) is 37.8 Å². The van der Waals surface area contributed by atoms with E-state index in [-0.39, 0.29) is 11.9 Å². The van der Waals surface area contributed by atoms with Gasteiger partial charge in [-0.2, -0.15) is 0 Å². The topological polar surface area (TPSA) is 70.7 Å². The van der Waals surface area contributed by atoms with Gasteiger partial charge in [-0.15, -0.1) is 0 Å². The molecule has 0 saturated carbocycles. The summed E-state index contributed by atoms with van der Waals surface area (Å²) in [5.74, 6) is 0.0917. The molecular formula is C26H36ClN3O3. The highest BCUT2D eigenvalue weighted by Gasteiger charge is 2.22. The molecule has 33 heavy (non-hydrogen) atoms. The monoisotopic (exact) mass is 473 g/mol. The average molecular weight is 474 g/mol. The number of nitrogens with one attached hydrogen (secondary N) is 2. The first-order valence-electron chi connectivity index (χ1n) is 11.4. The number of rotatable bonds is 11. The Balaban J connectivity index is 1.94. The van der Waals surface area contributed by atoms with Gasteiger partial charge >= 0.3 is 6.09 Å². The lowest BCUT2D eigenvalue weighted by atomic mass is 10.0. The van der Waals surface area contributed by atoms with Gasteiger partial charge in [0.25, 0.3) is 0 Å². The predicted octanol–water partition coefficient (Wildman–Crippen LogP) is 6.26. The number of hydrogen-bond donors (Lipinski definition) is 2. The van der Waals surface area contributed by atoms with Gasteiger partial charge < -0.3 is 20.3 Å². The van der Waals surface area contributed by atoms with Gasteiger partial charge in [0.15, 0.2) is 5.78 Å². The molecule has 2 rings (SSSR count). The lowest BCUT2D eigenvalue weighted by molar-refractivity contribution is 0.0249. The minimum absolute atomic E-state index is 0.0917. The van der Waals surface area contributed by atoms with Crippen LogP contribution in [-0.2, 0) is 11.2 Å². The second-order valence-electron chi connectivity index (χ2n) is 8.95. The molecule has 0 radical (unpaired) electrons. The summed E-state index contributed by atoms with van der Waals surface area (Å²) in [6.07, 6.45) is 2.12. The van der Waals surface area contributed by atoms with E-state index in [1.54, 1.807) is 4.90 Å². The average Bonchev–Trinajstić information content (AvgIpc) is 2.77. The maximum absolute atomic E-state index is 12.7. The van der Waals surface area contributed by atoms with Gasteiger partial charge in [-0.3, -0.25) is 4.79 Å². The SMILES string of the molecule is CNc1ccc(C(=O)CCCCN(CCc2ccccc2Cl)C(=O)OC(C)(C)C)cc1NC. The Morgan fingerprint density at radius 2 is 1.67 bits per heavy atom. The Morgan fingerprint density at radius 3 is 2.30 bits per heavy atom. The molecule has 0 bridgehead atoms. The van der Waals surface area contributed by atoms with Gasteiger partial charge in [0.2, 0.25) is 0 Å². The molecule has 0 unspecified atom stereocenters. The molecule has 2 N–H and O–H groups in total. The van der Waals surface area contributed by atoms with E-state index < -0.39 is 5.60 Å². The molecule has 0 heterocycles. The zero-order valence-electron chi connectivity index (χ0n) is 20.3. The van der Waals surface area contributed by atoms with Crippen molar-refractivity contribution in [3.8, 4) is 0 Å². The molecule has 2 aromatic rings. The van der Waals surface area contributed by atoms with Crippen LogP contribution < -0.4 is 10.6 Å². The number of benzene rings is 2. The smallest absolute Gasteiger partial charge is 0.410 e. The summed E-state index contributed by atoms with van der Waals surface area (Å²) in [5.41, 5.74) is 2.94. The van der Waals surface area contributed by atoms with Crippen molar-refractivity contribution in [1.82, 2.24) is 4.90 Å². The molecule has 0 saturated heterocycles. The third-order valence-electron chi connectivity index (χ3n) is 5.22. The fraction of sp³-hybridized carbons (Fsp3) is 0.462.